The van der Waals surface area contributed by atoms with Crippen molar-refractivity contribution in [2.75, 3.05) is 0 Å². The summed E-state index contributed by atoms with van der Waals surface area (Å²) in [6.45, 7) is 6.59. The first-order chi connectivity index (χ1) is 6.72. The summed E-state index contributed by atoms with van der Waals surface area (Å²) in [4.78, 5) is 0. The molecule has 0 unspecified atom stereocenters. The minimum atomic E-state index is 1.12. The van der Waals surface area contributed by atoms with E-state index in [0.29, 0.717) is 0 Å². The molecule has 0 heteroatoms. The average Bonchev–Trinajstić information content (AvgIpc) is 2.17. The molecule has 0 radical (unpaired) electrons. The molecule has 0 nitrogen and oxygen atoms in total. The Hall–Kier alpha value is -1.30. The fraction of sp³-hybridized carbons (Fsp3) is 0.286. The molecule has 0 aromatic heterocycles. The molecule has 14 heavy (non-hydrogen) atoms. The summed E-state index contributed by atoms with van der Waals surface area (Å²) in [5.41, 5.74) is 4.21. The van der Waals surface area contributed by atoms with Crippen molar-refractivity contribution in [3.05, 3.63) is 47.0 Å². The van der Waals surface area contributed by atoms with Gasteiger partial charge in [0.15, 0.2) is 0 Å². The second kappa shape index (κ2) is 3.45. The second-order valence-electron chi connectivity index (χ2n) is 3.94. The van der Waals surface area contributed by atoms with Gasteiger partial charge in [-0.05, 0) is 47.7 Å². The van der Waals surface area contributed by atoms with E-state index in [0.717, 1.165) is 6.42 Å². The van der Waals surface area contributed by atoms with E-state index >= 15 is 0 Å². The van der Waals surface area contributed by atoms with Crippen LogP contribution in [0.5, 0.6) is 0 Å². The molecule has 2 aromatic rings. The Balaban J connectivity index is 2.83. The highest BCUT2D eigenvalue weighted by molar-refractivity contribution is 5.89. The van der Waals surface area contributed by atoms with Gasteiger partial charge in [0, 0.05) is 0 Å². The van der Waals surface area contributed by atoms with E-state index in [-0.39, 0.29) is 0 Å². The highest BCUT2D eigenvalue weighted by atomic mass is 14.1. The summed E-state index contributed by atoms with van der Waals surface area (Å²) in [7, 11) is 0. The van der Waals surface area contributed by atoms with Gasteiger partial charge in [0.1, 0.15) is 0 Å². The first-order valence-corrected chi connectivity index (χ1v) is 5.21. The summed E-state index contributed by atoms with van der Waals surface area (Å²) >= 11 is 0. The van der Waals surface area contributed by atoms with Crippen LogP contribution in [-0.4, -0.2) is 0 Å². The van der Waals surface area contributed by atoms with E-state index in [4.69, 9.17) is 0 Å². The van der Waals surface area contributed by atoms with Gasteiger partial charge in [0.25, 0.3) is 0 Å². The summed E-state index contributed by atoms with van der Waals surface area (Å²) in [6.07, 6.45) is 1.12. The van der Waals surface area contributed by atoms with Crippen molar-refractivity contribution in [1.29, 1.82) is 0 Å². The quantitative estimate of drug-likeness (QED) is 0.628. The third-order valence-corrected chi connectivity index (χ3v) is 2.85. The van der Waals surface area contributed by atoms with Crippen molar-refractivity contribution < 1.29 is 0 Å². The zero-order chi connectivity index (χ0) is 10.1. The maximum atomic E-state index is 2.30. The predicted molar refractivity (Wildman–Crippen MR) is 62.8 cm³/mol. The van der Waals surface area contributed by atoms with Crippen molar-refractivity contribution >= 4 is 10.8 Å². The molecule has 0 N–H and O–H groups in total. The van der Waals surface area contributed by atoms with Gasteiger partial charge < -0.3 is 0 Å². The maximum absolute atomic E-state index is 2.30. The SMILES string of the molecule is CCc1cc(C)c2c(C)cccc2c1. The summed E-state index contributed by atoms with van der Waals surface area (Å²) in [5.74, 6) is 0. The molecule has 72 valence electrons. The monoisotopic (exact) mass is 184 g/mol. The average molecular weight is 184 g/mol. The minimum Gasteiger partial charge on any atom is -0.0614 e. The second-order valence-corrected chi connectivity index (χ2v) is 3.94. The van der Waals surface area contributed by atoms with Crippen LogP contribution in [0.1, 0.15) is 23.6 Å². The number of fused-ring (bicyclic) bond motifs is 1. The van der Waals surface area contributed by atoms with Gasteiger partial charge in [-0.3, -0.25) is 0 Å². The minimum absolute atomic E-state index is 1.12. The molecule has 0 saturated heterocycles. The predicted octanol–water partition coefficient (Wildman–Crippen LogP) is 4.02. The normalized spacial score (nSPS) is 10.8. The Bertz CT molecular complexity index is 467. The fourth-order valence-corrected chi connectivity index (χ4v) is 2.15. The van der Waals surface area contributed by atoms with Crippen molar-refractivity contribution in [2.45, 2.75) is 27.2 Å². The van der Waals surface area contributed by atoms with Crippen LogP contribution in [0.15, 0.2) is 30.3 Å². The van der Waals surface area contributed by atoms with Gasteiger partial charge >= 0.3 is 0 Å². The lowest BCUT2D eigenvalue weighted by Crippen LogP contribution is -1.87. The first kappa shape index (κ1) is 9.26. The molecule has 0 heterocycles. The van der Waals surface area contributed by atoms with Crippen molar-refractivity contribution in [1.82, 2.24) is 0 Å². The lowest BCUT2D eigenvalue weighted by Gasteiger charge is -2.08. The van der Waals surface area contributed by atoms with E-state index < -0.39 is 0 Å². The van der Waals surface area contributed by atoms with Crippen LogP contribution in [0.3, 0.4) is 0 Å². The largest absolute Gasteiger partial charge is 0.0614 e. The van der Waals surface area contributed by atoms with Gasteiger partial charge in [0.05, 0.1) is 0 Å². The molecule has 0 aliphatic rings. The molecule has 0 atom stereocenters. The van der Waals surface area contributed by atoms with Gasteiger partial charge in [0.2, 0.25) is 0 Å². The number of hydrogen-bond donors (Lipinski definition) is 0. The van der Waals surface area contributed by atoms with Crippen molar-refractivity contribution in [3.8, 4) is 0 Å². The van der Waals surface area contributed by atoms with Crippen LogP contribution >= 0.6 is 0 Å². The van der Waals surface area contributed by atoms with Crippen LogP contribution in [0, 0.1) is 13.8 Å². The smallest absolute Gasteiger partial charge is 0.0125 e. The Labute approximate surface area is 85.6 Å². The third-order valence-electron chi connectivity index (χ3n) is 2.85. The highest BCUT2D eigenvalue weighted by Crippen LogP contribution is 2.24. The molecule has 0 aliphatic heterocycles. The Morgan fingerprint density at radius 2 is 1.79 bits per heavy atom. The molecule has 2 rings (SSSR count). The third kappa shape index (κ3) is 1.41. The number of benzene rings is 2. The van der Waals surface area contributed by atoms with E-state index in [1.807, 2.05) is 0 Å². The zero-order valence-corrected chi connectivity index (χ0v) is 9.09. The van der Waals surface area contributed by atoms with Gasteiger partial charge in [-0.15, -0.1) is 0 Å². The maximum Gasteiger partial charge on any atom is -0.0125 e. The molecule has 2 aromatic carbocycles. The summed E-state index contributed by atoms with van der Waals surface area (Å²) in [5, 5.41) is 2.80. The Morgan fingerprint density at radius 3 is 2.50 bits per heavy atom. The number of hydrogen-bond acceptors (Lipinski definition) is 0. The zero-order valence-electron chi connectivity index (χ0n) is 9.09. The van der Waals surface area contributed by atoms with Crippen LogP contribution < -0.4 is 0 Å². The molecule has 0 bridgehead atoms. The fourth-order valence-electron chi connectivity index (χ4n) is 2.15. The topological polar surface area (TPSA) is 0 Å². The van der Waals surface area contributed by atoms with Crippen LogP contribution in [0.25, 0.3) is 10.8 Å². The molecule has 0 spiro atoms. The van der Waals surface area contributed by atoms with Gasteiger partial charge in [-0.2, -0.15) is 0 Å². The van der Waals surface area contributed by atoms with Gasteiger partial charge in [-0.1, -0.05) is 37.3 Å². The van der Waals surface area contributed by atoms with Crippen LogP contribution in [-0.2, 0) is 6.42 Å². The number of rotatable bonds is 1. The molecule has 0 saturated carbocycles. The van der Waals surface area contributed by atoms with Gasteiger partial charge in [-0.25, -0.2) is 0 Å². The number of aryl methyl sites for hydroxylation is 3. The van der Waals surface area contributed by atoms with Crippen LogP contribution in [0.2, 0.25) is 0 Å². The van der Waals surface area contributed by atoms with Crippen molar-refractivity contribution in [3.63, 3.8) is 0 Å². The molecule has 0 fully saturated rings. The molecular weight excluding hydrogens is 168 g/mol. The summed E-state index contributed by atoms with van der Waals surface area (Å²) in [6, 6.07) is 11.1. The molecule has 0 amide bonds. The van der Waals surface area contributed by atoms with E-state index in [1.54, 1.807) is 0 Å². The first-order valence-electron chi connectivity index (χ1n) is 5.21. The lowest BCUT2D eigenvalue weighted by atomic mass is 9.97. The summed E-state index contributed by atoms with van der Waals surface area (Å²) < 4.78 is 0. The standard InChI is InChI=1S/C14H16/c1-4-12-8-11(3)14-10(2)6-5-7-13(14)9-12/h5-9H,4H2,1-3H3. The molecule has 0 aliphatic carbocycles. The Kier molecular flexibility index (Phi) is 2.28. The van der Waals surface area contributed by atoms with Crippen molar-refractivity contribution in [2.24, 2.45) is 0 Å². The molecular formula is C14H16. The van der Waals surface area contributed by atoms with E-state index in [1.165, 1.54) is 27.5 Å². The van der Waals surface area contributed by atoms with E-state index in [9.17, 15) is 0 Å². The van der Waals surface area contributed by atoms with Crippen LogP contribution in [0.4, 0.5) is 0 Å². The Morgan fingerprint density at radius 1 is 1.00 bits per heavy atom. The van der Waals surface area contributed by atoms with E-state index in [2.05, 4.69) is 51.1 Å². The highest BCUT2D eigenvalue weighted by Gasteiger charge is 2.01. The lowest BCUT2D eigenvalue weighted by molar-refractivity contribution is 1.14.